The van der Waals surface area contributed by atoms with Crippen LogP contribution in [-0.4, -0.2) is 32.9 Å². The number of amides is 1. The van der Waals surface area contributed by atoms with E-state index in [0.29, 0.717) is 11.3 Å². The molecule has 3 rings (SSSR count). The Morgan fingerprint density at radius 3 is 2.19 bits per heavy atom. The first-order chi connectivity index (χ1) is 13.0. The third-order valence-corrected chi connectivity index (χ3v) is 4.99. The molecule has 0 saturated carbocycles. The molecule has 1 amide bonds. The average Bonchev–Trinajstić information content (AvgIpc) is 2.70. The number of methoxy groups -OCH3 is 1. The van der Waals surface area contributed by atoms with E-state index < -0.39 is 15.9 Å². The number of ether oxygens (including phenoxy) is 1. The number of benzene rings is 2. The summed E-state index contributed by atoms with van der Waals surface area (Å²) < 4.78 is 33.8. The minimum atomic E-state index is -3.85. The molecule has 0 bridgehead atoms. The van der Waals surface area contributed by atoms with E-state index in [9.17, 15) is 13.2 Å². The summed E-state index contributed by atoms with van der Waals surface area (Å²) in [7, 11) is -2.43. The molecule has 7 heteroatoms. The Morgan fingerprint density at radius 2 is 1.56 bits per heavy atom. The standard InChI is InChI=1S/C20H16N2O4S/c1-26-19-14-16(22-27(24,25)17-10-6-3-7-11-17)12-13-18(19)21-20(23)15-8-4-2-5-9-15/h2-14H,1H3/b21-18?,22-16+. The molecule has 2 aromatic carbocycles. The van der Waals surface area contributed by atoms with Crippen LogP contribution < -0.4 is 0 Å². The quantitative estimate of drug-likeness (QED) is 0.763. The first kappa shape index (κ1) is 18.5. The molecule has 0 heterocycles. The van der Waals surface area contributed by atoms with Crippen molar-refractivity contribution in [1.82, 2.24) is 0 Å². The Morgan fingerprint density at radius 1 is 0.926 bits per heavy atom. The number of carbonyl (C=O) groups excluding carboxylic acids is 1. The van der Waals surface area contributed by atoms with Gasteiger partial charge in [-0.1, -0.05) is 36.4 Å². The predicted octanol–water partition coefficient (Wildman–Crippen LogP) is 3.20. The highest BCUT2D eigenvalue weighted by atomic mass is 32.2. The monoisotopic (exact) mass is 380 g/mol. The minimum Gasteiger partial charge on any atom is -0.494 e. The highest BCUT2D eigenvalue weighted by Gasteiger charge is 2.17. The second-order valence-corrected chi connectivity index (χ2v) is 7.12. The van der Waals surface area contributed by atoms with Crippen LogP contribution in [0, 0.1) is 0 Å². The fourth-order valence-corrected chi connectivity index (χ4v) is 3.35. The van der Waals surface area contributed by atoms with Crippen molar-refractivity contribution in [2.75, 3.05) is 7.11 Å². The summed E-state index contributed by atoms with van der Waals surface area (Å²) >= 11 is 0. The van der Waals surface area contributed by atoms with Gasteiger partial charge in [0.2, 0.25) is 0 Å². The van der Waals surface area contributed by atoms with Crippen LogP contribution in [0.1, 0.15) is 10.4 Å². The van der Waals surface area contributed by atoms with Crippen LogP contribution >= 0.6 is 0 Å². The lowest BCUT2D eigenvalue weighted by Crippen LogP contribution is -2.13. The molecule has 1 aliphatic rings. The molecule has 0 aliphatic heterocycles. The number of rotatable bonds is 4. The van der Waals surface area contributed by atoms with E-state index in [4.69, 9.17) is 4.74 Å². The fourth-order valence-electron chi connectivity index (χ4n) is 2.35. The second kappa shape index (κ2) is 7.92. The van der Waals surface area contributed by atoms with Crippen LogP contribution in [0.5, 0.6) is 0 Å². The van der Waals surface area contributed by atoms with E-state index in [1.54, 1.807) is 48.5 Å². The van der Waals surface area contributed by atoms with Gasteiger partial charge in [-0.2, -0.15) is 12.8 Å². The molecule has 2 aromatic rings. The zero-order valence-corrected chi connectivity index (χ0v) is 15.3. The first-order valence-corrected chi connectivity index (χ1v) is 9.46. The zero-order valence-electron chi connectivity index (χ0n) is 14.4. The van der Waals surface area contributed by atoms with Crippen molar-refractivity contribution in [2.45, 2.75) is 4.90 Å². The molecule has 0 spiro atoms. The van der Waals surface area contributed by atoms with E-state index in [0.717, 1.165) is 0 Å². The summed E-state index contributed by atoms with van der Waals surface area (Å²) in [5, 5.41) is 0. The molecule has 0 fully saturated rings. The number of carbonyl (C=O) groups is 1. The number of hydrogen-bond donors (Lipinski definition) is 0. The van der Waals surface area contributed by atoms with Crippen molar-refractivity contribution < 1.29 is 17.9 Å². The lowest BCUT2D eigenvalue weighted by Gasteiger charge is -2.11. The van der Waals surface area contributed by atoms with Crippen molar-refractivity contribution in [1.29, 1.82) is 0 Å². The highest BCUT2D eigenvalue weighted by Crippen LogP contribution is 2.15. The van der Waals surface area contributed by atoms with Gasteiger partial charge >= 0.3 is 0 Å². The molecule has 6 nitrogen and oxygen atoms in total. The van der Waals surface area contributed by atoms with Crippen molar-refractivity contribution in [3.05, 3.63) is 90.2 Å². The third-order valence-electron chi connectivity index (χ3n) is 3.67. The van der Waals surface area contributed by atoms with Crippen LogP contribution in [0.2, 0.25) is 0 Å². The number of nitrogens with zero attached hydrogens (tertiary/aromatic N) is 2. The lowest BCUT2D eigenvalue weighted by atomic mass is 10.1. The molecule has 136 valence electrons. The van der Waals surface area contributed by atoms with Gasteiger partial charge in [-0.3, -0.25) is 4.79 Å². The van der Waals surface area contributed by atoms with Crippen LogP contribution in [0.15, 0.2) is 98.9 Å². The summed E-state index contributed by atoms with van der Waals surface area (Å²) in [4.78, 5) is 16.4. The Bertz CT molecular complexity index is 1070. The lowest BCUT2D eigenvalue weighted by molar-refractivity contribution is 0.100. The normalized spacial score (nSPS) is 17.0. The summed E-state index contributed by atoms with van der Waals surface area (Å²) in [6, 6.07) is 16.5. The highest BCUT2D eigenvalue weighted by molar-refractivity contribution is 7.90. The molecule has 0 aromatic heterocycles. The molecule has 0 N–H and O–H groups in total. The number of aliphatic imine (C=N–C) groups is 1. The molecule has 1 aliphatic carbocycles. The summed E-state index contributed by atoms with van der Waals surface area (Å²) in [5.41, 5.74) is 0.921. The summed E-state index contributed by atoms with van der Waals surface area (Å²) in [5.74, 6) is -0.167. The maximum atomic E-state index is 12.4. The van der Waals surface area contributed by atoms with E-state index in [-0.39, 0.29) is 16.4 Å². The molecular formula is C20H16N2O4S. The molecule has 0 unspecified atom stereocenters. The number of sulfonamides is 1. The van der Waals surface area contributed by atoms with Crippen LogP contribution in [0.25, 0.3) is 0 Å². The smallest absolute Gasteiger partial charge is 0.282 e. The SMILES string of the molecule is COC1=C/C(=N/S(=O)(=O)c2ccccc2)C=CC1=NC(=O)c1ccccc1. The largest absolute Gasteiger partial charge is 0.494 e. The number of hydrogen-bond acceptors (Lipinski definition) is 4. The Kier molecular flexibility index (Phi) is 5.42. The van der Waals surface area contributed by atoms with Gasteiger partial charge in [0.25, 0.3) is 15.9 Å². The van der Waals surface area contributed by atoms with Gasteiger partial charge in [-0.05, 0) is 36.4 Å². The first-order valence-electron chi connectivity index (χ1n) is 8.02. The van der Waals surface area contributed by atoms with E-state index in [2.05, 4.69) is 9.39 Å². The van der Waals surface area contributed by atoms with E-state index in [1.165, 1.54) is 37.5 Å². The molecule has 0 radical (unpaired) electrons. The van der Waals surface area contributed by atoms with Crippen molar-refractivity contribution in [3.8, 4) is 0 Å². The van der Waals surface area contributed by atoms with Crippen molar-refractivity contribution in [3.63, 3.8) is 0 Å². The van der Waals surface area contributed by atoms with Gasteiger partial charge in [-0.15, -0.1) is 0 Å². The van der Waals surface area contributed by atoms with Gasteiger partial charge in [0.15, 0.2) is 0 Å². The van der Waals surface area contributed by atoms with Crippen molar-refractivity contribution in [2.24, 2.45) is 9.39 Å². The molecule has 0 atom stereocenters. The maximum Gasteiger partial charge on any atom is 0.282 e. The van der Waals surface area contributed by atoms with Gasteiger partial charge in [-0.25, -0.2) is 4.99 Å². The van der Waals surface area contributed by atoms with Crippen LogP contribution in [0.4, 0.5) is 0 Å². The Balaban J connectivity index is 1.90. The van der Waals surface area contributed by atoms with Gasteiger partial charge < -0.3 is 4.74 Å². The molecule has 27 heavy (non-hydrogen) atoms. The Labute approximate surface area is 157 Å². The van der Waals surface area contributed by atoms with E-state index >= 15 is 0 Å². The average molecular weight is 380 g/mol. The Hall–Kier alpha value is -3.32. The minimum absolute atomic E-state index is 0.0944. The third kappa shape index (κ3) is 4.45. The van der Waals surface area contributed by atoms with Crippen LogP contribution in [0.3, 0.4) is 0 Å². The van der Waals surface area contributed by atoms with Crippen LogP contribution in [-0.2, 0) is 14.8 Å². The fraction of sp³-hybridized carbons (Fsp3) is 0.0500. The van der Waals surface area contributed by atoms with Gasteiger partial charge in [0.05, 0.1) is 17.7 Å². The zero-order chi connectivity index (χ0) is 19.3. The maximum absolute atomic E-state index is 12.4. The predicted molar refractivity (Wildman–Crippen MR) is 104 cm³/mol. The van der Waals surface area contributed by atoms with Crippen molar-refractivity contribution >= 4 is 27.4 Å². The topological polar surface area (TPSA) is 85.2 Å². The van der Waals surface area contributed by atoms with Gasteiger partial charge in [0.1, 0.15) is 11.5 Å². The summed E-state index contributed by atoms with van der Waals surface area (Å²) in [6.45, 7) is 0. The van der Waals surface area contributed by atoms with Gasteiger partial charge in [0, 0.05) is 11.6 Å². The summed E-state index contributed by atoms with van der Waals surface area (Å²) in [6.07, 6.45) is 4.40. The van der Waals surface area contributed by atoms with E-state index in [1.807, 2.05) is 0 Å². The number of allylic oxidation sites excluding steroid dienone is 3. The molecule has 0 saturated heterocycles. The molecular weight excluding hydrogens is 364 g/mol. The second-order valence-electron chi connectivity index (χ2n) is 5.52.